The van der Waals surface area contributed by atoms with E-state index < -0.39 is 31.8 Å². The zero-order chi connectivity index (χ0) is 31.7. The molecule has 0 aromatic heterocycles. The molecule has 3 unspecified atom stereocenters. The Morgan fingerprint density at radius 3 is 1.74 bits per heavy atom. The van der Waals surface area contributed by atoms with Crippen LogP contribution in [0.5, 0.6) is 0 Å². The van der Waals surface area contributed by atoms with Gasteiger partial charge in [0.15, 0.2) is 0 Å². The minimum absolute atomic E-state index is 0.0337. The highest BCUT2D eigenvalue weighted by molar-refractivity contribution is 7.34. The molecule has 0 bridgehead atoms. The van der Waals surface area contributed by atoms with E-state index in [2.05, 4.69) is 6.92 Å². The zero-order valence-corrected chi connectivity index (χ0v) is 28.1. The lowest BCUT2D eigenvalue weighted by molar-refractivity contribution is -0.149. The van der Waals surface area contributed by atoms with Gasteiger partial charge < -0.3 is 4.74 Å². The normalized spacial score (nSPS) is 15.0. The molecule has 1 aromatic rings. The van der Waals surface area contributed by atoms with Gasteiger partial charge in [0.25, 0.3) is 11.8 Å². The number of benzene rings is 1. The van der Waals surface area contributed by atoms with E-state index in [0.29, 0.717) is 24.2 Å². The molecular weight excluding hydrogens is 565 g/mol. The van der Waals surface area contributed by atoms with E-state index in [1.54, 1.807) is 45.0 Å². The second-order valence-electron chi connectivity index (χ2n) is 12.4. The number of hydrogen-bond donors (Lipinski definition) is 0. The number of carbonyl (C=O) groups is 3. The summed E-state index contributed by atoms with van der Waals surface area (Å²) in [7, 11) is -2.74. The zero-order valence-electron chi connectivity index (χ0n) is 27.2. The Morgan fingerprint density at radius 1 is 0.814 bits per heavy atom. The van der Waals surface area contributed by atoms with Crippen LogP contribution in [0.15, 0.2) is 24.3 Å². The van der Waals surface area contributed by atoms with Crippen LogP contribution in [0.4, 0.5) is 0 Å². The van der Waals surface area contributed by atoms with Crippen molar-refractivity contribution in [2.45, 2.75) is 137 Å². The Balaban J connectivity index is 1.60. The Kier molecular flexibility index (Phi) is 17.2. The number of fused-ring (bicyclic) bond motifs is 1. The van der Waals surface area contributed by atoms with Crippen molar-refractivity contribution in [3.8, 4) is 0 Å². The van der Waals surface area contributed by atoms with Gasteiger partial charge in [0.2, 0.25) is 6.29 Å². The average Bonchev–Trinajstić information content (AvgIpc) is 3.23. The van der Waals surface area contributed by atoms with E-state index in [0.717, 1.165) is 17.7 Å². The summed E-state index contributed by atoms with van der Waals surface area (Å²) in [6, 6.07) is 6.66. The third kappa shape index (κ3) is 12.4. The van der Waals surface area contributed by atoms with Crippen LogP contribution < -0.4 is 0 Å². The Morgan fingerprint density at radius 2 is 1.28 bits per heavy atom. The monoisotopic (exact) mass is 620 g/mol. The van der Waals surface area contributed by atoms with Gasteiger partial charge in [0, 0.05) is 24.1 Å². The highest BCUT2D eigenvalue weighted by Crippen LogP contribution is 2.37. The van der Waals surface area contributed by atoms with Crippen LogP contribution in [0.25, 0.3) is 0 Å². The summed E-state index contributed by atoms with van der Waals surface area (Å²) in [6.07, 6.45) is 17.7. The number of ether oxygens (including phenoxy) is 1. The second kappa shape index (κ2) is 20.0. The fourth-order valence-corrected chi connectivity index (χ4v) is 5.96. The molecule has 2 amide bonds. The standard InChI is InChI=1S/C34H55NO7P/c1-6-8-9-10-11-12-13-14-15-16-17-18-19-22-25-40-30(7-2)41-43(39)42-33(38)34(4,5)27(3)26-35-31(36)28-23-20-21-24-29(28)32(35)37/h20-21,23-24,27,30H,6-19,22,25-26H2,1-5H3/q+1. The molecule has 2 rings (SSSR count). The van der Waals surface area contributed by atoms with Crippen LogP contribution in [0.1, 0.15) is 152 Å². The number of imide groups is 1. The average molecular weight is 621 g/mol. The summed E-state index contributed by atoms with van der Waals surface area (Å²) in [4.78, 5) is 39.5. The van der Waals surface area contributed by atoms with E-state index >= 15 is 0 Å². The lowest BCUT2D eigenvalue weighted by Crippen LogP contribution is -2.42. The molecule has 1 aliphatic rings. The van der Waals surface area contributed by atoms with Crippen molar-refractivity contribution in [1.82, 2.24) is 4.90 Å². The Hall–Kier alpha value is -2.15. The molecule has 0 radical (unpaired) electrons. The van der Waals surface area contributed by atoms with Crippen LogP contribution in [-0.2, 0) is 23.1 Å². The third-order valence-electron chi connectivity index (χ3n) is 8.59. The molecule has 242 valence electrons. The third-order valence-corrected chi connectivity index (χ3v) is 9.31. The lowest BCUT2D eigenvalue weighted by atomic mass is 9.80. The first-order valence-corrected chi connectivity index (χ1v) is 17.7. The molecule has 8 nitrogen and oxygen atoms in total. The first-order valence-electron chi connectivity index (χ1n) is 16.6. The number of rotatable bonds is 24. The molecule has 0 N–H and O–H groups in total. The number of hydrogen-bond acceptors (Lipinski definition) is 7. The summed E-state index contributed by atoms with van der Waals surface area (Å²) in [5, 5.41) is 0. The van der Waals surface area contributed by atoms with E-state index in [9.17, 15) is 18.9 Å². The van der Waals surface area contributed by atoms with Crippen LogP contribution in [-0.4, -0.2) is 42.1 Å². The minimum Gasteiger partial charge on any atom is -0.348 e. The summed E-state index contributed by atoms with van der Waals surface area (Å²) < 4.78 is 28.8. The fraction of sp³-hybridized carbons (Fsp3) is 0.735. The predicted octanol–water partition coefficient (Wildman–Crippen LogP) is 9.40. The van der Waals surface area contributed by atoms with Crippen molar-refractivity contribution in [3.05, 3.63) is 35.4 Å². The molecule has 0 aliphatic carbocycles. The fourth-order valence-electron chi connectivity index (χ4n) is 5.15. The van der Waals surface area contributed by atoms with E-state index in [1.165, 1.54) is 77.0 Å². The van der Waals surface area contributed by atoms with E-state index in [4.69, 9.17) is 13.8 Å². The minimum atomic E-state index is -2.74. The van der Waals surface area contributed by atoms with Crippen molar-refractivity contribution in [2.24, 2.45) is 11.3 Å². The maximum Gasteiger partial charge on any atom is 0.755 e. The van der Waals surface area contributed by atoms with Crippen LogP contribution in [0.2, 0.25) is 0 Å². The number of carbonyl (C=O) groups excluding carboxylic acids is 3. The van der Waals surface area contributed by atoms with Crippen LogP contribution in [0.3, 0.4) is 0 Å². The van der Waals surface area contributed by atoms with Gasteiger partial charge in [0.1, 0.15) is 0 Å². The molecule has 1 aliphatic heterocycles. The van der Waals surface area contributed by atoms with Crippen molar-refractivity contribution >= 4 is 26.0 Å². The van der Waals surface area contributed by atoms with Gasteiger partial charge in [-0.1, -0.05) is 121 Å². The largest absolute Gasteiger partial charge is 0.755 e. The summed E-state index contributed by atoms with van der Waals surface area (Å²) in [6.45, 7) is 9.69. The van der Waals surface area contributed by atoms with Crippen molar-refractivity contribution < 1.29 is 32.7 Å². The van der Waals surface area contributed by atoms with Gasteiger partial charge in [-0.05, 0) is 38.3 Å². The quantitative estimate of drug-likeness (QED) is 0.0491. The molecule has 0 fully saturated rings. The van der Waals surface area contributed by atoms with Gasteiger partial charge in [-0.2, -0.15) is 4.52 Å². The maximum absolute atomic E-state index is 12.9. The molecule has 9 heteroatoms. The summed E-state index contributed by atoms with van der Waals surface area (Å²) in [5.74, 6) is -1.94. The number of amides is 2. The molecule has 1 aromatic carbocycles. The van der Waals surface area contributed by atoms with Crippen LogP contribution >= 0.6 is 8.25 Å². The Labute approximate surface area is 260 Å². The lowest BCUT2D eigenvalue weighted by Gasteiger charge is -2.29. The van der Waals surface area contributed by atoms with Gasteiger partial charge in [0.05, 0.1) is 16.5 Å². The van der Waals surface area contributed by atoms with E-state index in [1.807, 2.05) is 6.92 Å². The maximum atomic E-state index is 12.9. The van der Waals surface area contributed by atoms with Gasteiger partial charge >= 0.3 is 14.2 Å². The number of unbranched alkanes of at least 4 members (excludes halogenated alkanes) is 13. The molecule has 43 heavy (non-hydrogen) atoms. The Bertz CT molecular complexity index is 993. The van der Waals surface area contributed by atoms with Gasteiger partial charge in [-0.15, -0.1) is 0 Å². The number of nitrogens with zero attached hydrogens (tertiary/aromatic N) is 1. The predicted molar refractivity (Wildman–Crippen MR) is 170 cm³/mol. The smallest absolute Gasteiger partial charge is 0.348 e. The molecule has 0 saturated carbocycles. The van der Waals surface area contributed by atoms with E-state index in [-0.39, 0.29) is 18.4 Å². The first-order chi connectivity index (χ1) is 20.6. The summed E-state index contributed by atoms with van der Waals surface area (Å²) in [5.41, 5.74) is -0.409. The second-order valence-corrected chi connectivity index (χ2v) is 13.2. The van der Waals surface area contributed by atoms with Crippen molar-refractivity contribution in [3.63, 3.8) is 0 Å². The highest BCUT2D eigenvalue weighted by atomic mass is 31.1. The molecule has 3 atom stereocenters. The summed E-state index contributed by atoms with van der Waals surface area (Å²) >= 11 is 0. The molecule has 0 spiro atoms. The molecular formula is C34H55NO7P+. The molecule has 0 saturated heterocycles. The van der Waals surface area contributed by atoms with Crippen LogP contribution in [0, 0.1) is 11.3 Å². The van der Waals surface area contributed by atoms with Gasteiger partial charge in [-0.3, -0.25) is 14.5 Å². The topological polar surface area (TPSA) is 99.2 Å². The SMILES string of the molecule is CCCCCCCCCCCCCCCCOC(CC)O[P+](=O)OC(=O)C(C)(C)C(C)CN1C(=O)c2ccccc2C1=O. The van der Waals surface area contributed by atoms with Gasteiger partial charge in [-0.25, -0.2) is 4.79 Å². The first kappa shape index (κ1) is 37.0. The highest BCUT2D eigenvalue weighted by Gasteiger charge is 2.45. The molecule has 1 heterocycles. The van der Waals surface area contributed by atoms with Crippen molar-refractivity contribution in [1.29, 1.82) is 0 Å². The van der Waals surface area contributed by atoms with Crippen molar-refractivity contribution in [2.75, 3.05) is 13.2 Å².